The van der Waals surface area contributed by atoms with Crippen molar-refractivity contribution in [3.05, 3.63) is 30.1 Å². The average molecular weight is 250 g/mol. The van der Waals surface area contributed by atoms with Crippen LogP contribution in [0.1, 0.15) is 5.56 Å². The fraction of sp³-hybridized carbons (Fsp3) is 0.125. The number of nitrogens with zero attached hydrogens (tertiary/aromatic N) is 2. The maximum atomic E-state index is 12.4. The average Bonchev–Trinajstić information content (AvgIpc) is 2.58. The maximum absolute atomic E-state index is 12.4. The number of imidazole rings is 1. The van der Waals surface area contributed by atoms with Gasteiger partial charge in [-0.2, -0.15) is 13.2 Å². The van der Waals surface area contributed by atoms with Crippen molar-refractivity contribution in [2.24, 2.45) is 0 Å². The lowest BCUT2D eigenvalue weighted by atomic mass is 10.3. The second-order valence-electron chi connectivity index (χ2n) is 3.02. The number of rotatable bonds is 1. The molecular weight excluding hydrogens is 245 g/mol. The highest BCUT2D eigenvalue weighted by molar-refractivity contribution is 7.72. The summed E-state index contributed by atoms with van der Waals surface area (Å²) in [5, 5.41) is -0.267. The van der Waals surface area contributed by atoms with E-state index in [2.05, 4.69) is 4.98 Å². The van der Waals surface area contributed by atoms with Crippen molar-refractivity contribution in [2.45, 2.75) is 11.2 Å². The van der Waals surface area contributed by atoms with Crippen LogP contribution in [0, 0.1) is 0 Å². The molecule has 0 aliphatic heterocycles. The van der Waals surface area contributed by atoms with Gasteiger partial charge in [0.05, 0.1) is 11.8 Å². The molecule has 0 saturated carbocycles. The zero-order valence-corrected chi connectivity index (χ0v) is 8.50. The molecule has 2 aromatic heterocycles. The van der Waals surface area contributed by atoms with E-state index in [9.17, 15) is 21.6 Å². The van der Waals surface area contributed by atoms with Crippen molar-refractivity contribution in [1.82, 2.24) is 9.38 Å². The molecule has 0 N–H and O–H groups in total. The Labute approximate surface area is 89.3 Å². The Balaban J connectivity index is 2.73. The summed E-state index contributed by atoms with van der Waals surface area (Å²) in [5.74, 6) is 0. The predicted molar refractivity (Wildman–Crippen MR) is 48.8 cm³/mol. The first-order valence-corrected chi connectivity index (χ1v) is 5.26. The van der Waals surface area contributed by atoms with Crippen LogP contribution in [0.5, 0.6) is 0 Å². The van der Waals surface area contributed by atoms with E-state index in [1.54, 1.807) is 0 Å². The third-order valence-electron chi connectivity index (χ3n) is 2.00. The van der Waals surface area contributed by atoms with Crippen LogP contribution in [0.25, 0.3) is 5.65 Å². The minimum absolute atomic E-state index is 0.155. The van der Waals surface area contributed by atoms with Gasteiger partial charge in [0.2, 0.25) is 0 Å². The molecule has 2 rings (SSSR count). The molecule has 86 valence electrons. The summed E-state index contributed by atoms with van der Waals surface area (Å²) in [6.45, 7) is 0. The monoisotopic (exact) mass is 250 g/mol. The minimum atomic E-state index is -4.51. The Bertz CT molecular complexity index is 607. The maximum Gasteiger partial charge on any atom is 0.417 e. The van der Waals surface area contributed by atoms with E-state index in [-0.39, 0.29) is 10.7 Å². The number of halogens is 3. The first-order chi connectivity index (χ1) is 7.39. The summed E-state index contributed by atoms with van der Waals surface area (Å²) in [4.78, 5) is 3.67. The first kappa shape index (κ1) is 10.9. The highest BCUT2D eigenvalue weighted by Gasteiger charge is 2.31. The van der Waals surface area contributed by atoms with Gasteiger partial charge < -0.3 is 0 Å². The topological polar surface area (TPSA) is 51.4 Å². The van der Waals surface area contributed by atoms with E-state index >= 15 is 0 Å². The summed E-state index contributed by atoms with van der Waals surface area (Å²) in [6.07, 6.45) is -2.78. The van der Waals surface area contributed by atoms with Gasteiger partial charge >= 0.3 is 6.18 Å². The van der Waals surface area contributed by atoms with Crippen molar-refractivity contribution in [3.8, 4) is 0 Å². The number of fused-ring (bicyclic) bond motifs is 1. The Hall–Kier alpha value is -1.57. The summed E-state index contributed by atoms with van der Waals surface area (Å²) < 4.78 is 59.5. The lowest BCUT2D eigenvalue weighted by Crippen LogP contribution is -2.06. The van der Waals surface area contributed by atoms with Crippen molar-refractivity contribution in [1.29, 1.82) is 0 Å². The molecule has 0 saturated heterocycles. The van der Waals surface area contributed by atoms with E-state index in [1.165, 1.54) is 0 Å². The smallest absolute Gasteiger partial charge is 0.290 e. The van der Waals surface area contributed by atoms with Gasteiger partial charge in [-0.05, 0) is 12.1 Å². The predicted octanol–water partition coefficient (Wildman–Crippen LogP) is 1.32. The molecule has 16 heavy (non-hydrogen) atoms. The van der Waals surface area contributed by atoms with Gasteiger partial charge in [-0.3, -0.25) is 4.40 Å². The van der Waals surface area contributed by atoms with Crippen molar-refractivity contribution in [3.63, 3.8) is 0 Å². The second-order valence-corrected chi connectivity index (χ2v) is 3.99. The molecule has 4 nitrogen and oxygen atoms in total. The zero-order chi connectivity index (χ0) is 11.9. The standard InChI is InChI=1S/C8H5F3N2O2S/c9-8(10,11)5-1-2-6-12-3-7(16(14)15)13(6)4-5/h1-4,16H. The summed E-state index contributed by atoms with van der Waals surface area (Å²) in [5.41, 5.74) is -0.765. The van der Waals surface area contributed by atoms with Gasteiger partial charge in [0, 0.05) is 6.20 Å². The molecule has 0 fully saturated rings. The highest BCUT2D eigenvalue weighted by Crippen LogP contribution is 2.29. The number of alkyl halides is 3. The van der Waals surface area contributed by atoms with E-state index in [4.69, 9.17) is 0 Å². The second kappa shape index (κ2) is 3.48. The number of aromatic nitrogens is 2. The molecular formula is C8H5F3N2O2S. The summed E-state index contributed by atoms with van der Waals surface area (Å²) in [6, 6.07) is 1.97. The van der Waals surface area contributed by atoms with Crippen LogP contribution in [-0.2, 0) is 16.9 Å². The van der Waals surface area contributed by atoms with Gasteiger partial charge in [-0.1, -0.05) is 0 Å². The van der Waals surface area contributed by atoms with Crippen molar-refractivity contribution >= 4 is 16.4 Å². The van der Waals surface area contributed by atoms with Crippen LogP contribution in [0.3, 0.4) is 0 Å². The third-order valence-corrected chi connectivity index (χ3v) is 2.71. The fourth-order valence-electron chi connectivity index (χ4n) is 1.27. The zero-order valence-electron chi connectivity index (χ0n) is 7.60. The normalized spacial score (nSPS) is 12.5. The van der Waals surface area contributed by atoms with Crippen LogP contribution in [-0.4, -0.2) is 17.8 Å². The van der Waals surface area contributed by atoms with Crippen LogP contribution in [0.2, 0.25) is 0 Å². The molecule has 0 bridgehead atoms. The first-order valence-electron chi connectivity index (χ1n) is 4.08. The molecule has 0 amide bonds. The molecule has 2 heterocycles. The number of hydrogen-bond acceptors (Lipinski definition) is 3. The summed E-state index contributed by atoms with van der Waals surface area (Å²) in [7, 11) is -2.97. The molecule has 0 aliphatic carbocycles. The molecule has 0 radical (unpaired) electrons. The van der Waals surface area contributed by atoms with Crippen LogP contribution >= 0.6 is 0 Å². The number of hydrogen-bond donors (Lipinski definition) is 1. The van der Waals surface area contributed by atoms with E-state index in [1.807, 2.05) is 0 Å². The van der Waals surface area contributed by atoms with Crippen LogP contribution in [0.15, 0.2) is 29.6 Å². The molecule has 0 atom stereocenters. The van der Waals surface area contributed by atoms with Crippen molar-refractivity contribution < 1.29 is 21.6 Å². The quantitative estimate of drug-likeness (QED) is 0.777. The van der Waals surface area contributed by atoms with Crippen LogP contribution in [0.4, 0.5) is 13.2 Å². The molecule has 0 aliphatic rings. The molecule has 0 aromatic carbocycles. The molecule has 8 heteroatoms. The number of pyridine rings is 1. The fourth-order valence-corrected chi connectivity index (χ4v) is 1.76. The lowest BCUT2D eigenvalue weighted by Gasteiger charge is -2.06. The SMILES string of the molecule is O=[SH](=O)c1cnc2ccc(C(F)(F)F)cn12. The lowest BCUT2D eigenvalue weighted by molar-refractivity contribution is -0.137. The minimum Gasteiger partial charge on any atom is -0.290 e. The Morgan fingerprint density at radius 2 is 1.94 bits per heavy atom. The molecule has 2 aromatic rings. The van der Waals surface area contributed by atoms with E-state index < -0.39 is 22.4 Å². The number of thiol groups is 1. The third kappa shape index (κ3) is 1.75. The van der Waals surface area contributed by atoms with Crippen LogP contribution < -0.4 is 0 Å². The summed E-state index contributed by atoms with van der Waals surface area (Å²) >= 11 is 0. The Morgan fingerprint density at radius 1 is 1.25 bits per heavy atom. The van der Waals surface area contributed by atoms with Gasteiger partial charge in [-0.25, -0.2) is 13.4 Å². The largest absolute Gasteiger partial charge is 0.417 e. The highest BCUT2D eigenvalue weighted by atomic mass is 32.2. The van der Waals surface area contributed by atoms with E-state index in [0.29, 0.717) is 6.20 Å². The van der Waals surface area contributed by atoms with Gasteiger partial charge in [0.25, 0.3) is 0 Å². The molecule has 0 unspecified atom stereocenters. The van der Waals surface area contributed by atoms with Gasteiger partial charge in [0.1, 0.15) is 5.65 Å². The molecule has 0 spiro atoms. The van der Waals surface area contributed by atoms with Gasteiger partial charge in [-0.15, -0.1) is 0 Å². The van der Waals surface area contributed by atoms with E-state index in [0.717, 1.165) is 22.7 Å². The van der Waals surface area contributed by atoms with Gasteiger partial charge in [0.15, 0.2) is 15.7 Å². The van der Waals surface area contributed by atoms with Crippen molar-refractivity contribution in [2.75, 3.05) is 0 Å². The Morgan fingerprint density at radius 3 is 2.50 bits per heavy atom. The Kier molecular flexibility index (Phi) is 2.38.